The standard InChI is InChI=1S/C20H22F2N2O2/c1-4-15-7-5-6-13(2)20(15)23-19(26)10-11-24(14(3)25)18-9-8-16(21)12-17(18)22/h5-9,12H,4,10-11H2,1-3H3,(H,23,26). The minimum atomic E-state index is -0.840. The molecule has 0 aliphatic rings. The van der Waals surface area contributed by atoms with E-state index in [2.05, 4.69) is 5.32 Å². The Labute approximate surface area is 151 Å². The number of amides is 2. The molecule has 26 heavy (non-hydrogen) atoms. The van der Waals surface area contributed by atoms with E-state index in [1.54, 1.807) is 0 Å². The lowest BCUT2D eigenvalue weighted by molar-refractivity contribution is -0.117. The lowest BCUT2D eigenvalue weighted by Crippen LogP contribution is -2.32. The summed E-state index contributed by atoms with van der Waals surface area (Å²) < 4.78 is 27.0. The molecule has 138 valence electrons. The van der Waals surface area contributed by atoms with Crippen molar-refractivity contribution in [1.82, 2.24) is 0 Å². The molecule has 6 heteroatoms. The van der Waals surface area contributed by atoms with Gasteiger partial charge in [-0.15, -0.1) is 0 Å². The van der Waals surface area contributed by atoms with Gasteiger partial charge in [-0.2, -0.15) is 0 Å². The highest BCUT2D eigenvalue weighted by molar-refractivity contribution is 5.95. The Kier molecular flexibility index (Phi) is 6.44. The van der Waals surface area contributed by atoms with Crippen molar-refractivity contribution in [3.05, 3.63) is 59.2 Å². The van der Waals surface area contributed by atoms with Crippen molar-refractivity contribution in [1.29, 1.82) is 0 Å². The van der Waals surface area contributed by atoms with E-state index in [0.29, 0.717) is 6.07 Å². The average molecular weight is 360 g/mol. The Hall–Kier alpha value is -2.76. The summed E-state index contributed by atoms with van der Waals surface area (Å²) in [5, 5.41) is 2.87. The van der Waals surface area contributed by atoms with Crippen LogP contribution in [0.5, 0.6) is 0 Å². The smallest absolute Gasteiger partial charge is 0.226 e. The van der Waals surface area contributed by atoms with E-state index in [0.717, 1.165) is 34.2 Å². The predicted molar refractivity (Wildman–Crippen MR) is 98.2 cm³/mol. The van der Waals surface area contributed by atoms with Crippen LogP contribution in [-0.4, -0.2) is 18.4 Å². The molecule has 4 nitrogen and oxygen atoms in total. The third kappa shape index (κ3) is 4.65. The normalized spacial score (nSPS) is 10.5. The molecule has 0 fully saturated rings. The number of benzene rings is 2. The van der Waals surface area contributed by atoms with E-state index in [1.807, 2.05) is 32.0 Å². The Bertz CT molecular complexity index is 821. The summed E-state index contributed by atoms with van der Waals surface area (Å²) in [5.74, 6) is -2.26. The van der Waals surface area contributed by atoms with Gasteiger partial charge in [-0.1, -0.05) is 25.1 Å². The fourth-order valence-electron chi connectivity index (χ4n) is 2.76. The van der Waals surface area contributed by atoms with Crippen molar-refractivity contribution >= 4 is 23.2 Å². The number of nitrogens with one attached hydrogen (secondary N) is 1. The Morgan fingerprint density at radius 2 is 1.88 bits per heavy atom. The van der Waals surface area contributed by atoms with E-state index in [9.17, 15) is 18.4 Å². The lowest BCUT2D eigenvalue weighted by atomic mass is 10.1. The molecule has 0 aliphatic carbocycles. The molecule has 0 radical (unpaired) electrons. The first-order valence-electron chi connectivity index (χ1n) is 8.45. The summed E-state index contributed by atoms with van der Waals surface area (Å²) in [6.45, 7) is 5.18. The molecule has 0 aromatic heterocycles. The highest BCUT2D eigenvalue weighted by Crippen LogP contribution is 2.23. The van der Waals surface area contributed by atoms with Crippen molar-refractivity contribution in [3.8, 4) is 0 Å². The highest BCUT2D eigenvalue weighted by Gasteiger charge is 2.18. The lowest BCUT2D eigenvalue weighted by Gasteiger charge is -2.22. The molecule has 2 aromatic rings. The molecule has 2 rings (SSSR count). The van der Waals surface area contributed by atoms with Crippen LogP contribution >= 0.6 is 0 Å². The number of aryl methyl sites for hydroxylation is 2. The molecule has 0 spiro atoms. The number of para-hydroxylation sites is 1. The SMILES string of the molecule is CCc1cccc(C)c1NC(=O)CCN(C(C)=O)c1ccc(F)cc1F. The monoisotopic (exact) mass is 360 g/mol. The average Bonchev–Trinajstić information content (AvgIpc) is 2.58. The van der Waals surface area contributed by atoms with Crippen molar-refractivity contribution in [2.24, 2.45) is 0 Å². The molecule has 0 unspecified atom stereocenters. The molecular formula is C20H22F2N2O2. The van der Waals surface area contributed by atoms with E-state index < -0.39 is 17.5 Å². The number of rotatable bonds is 6. The second-order valence-electron chi connectivity index (χ2n) is 6.03. The van der Waals surface area contributed by atoms with Crippen LogP contribution in [0.2, 0.25) is 0 Å². The zero-order valence-corrected chi connectivity index (χ0v) is 15.1. The van der Waals surface area contributed by atoms with Gasteiger partial charge in [0.25, 0.3) is 0 Å². The number of hydrogen-bond donors (Lipinski definition) is 1. The maximum Gasteiger partial charge on any atom is 0.226 e. The second kappa shape index (κ2) is 8.56. The maximum atomic E-state index is 13.9. The number of nitrogens with zero attached hydrogens (tertiary/aromatic N) is 1. The molecule has 2 aromatic carbocycles. The van der Waals surface area contributed by atoms with Gasteiger partial charge in [-0.05, 0) is 36.6 Å². The molecule has 0 saturated carbocycles. The number of anilines is 2. The van der Waals surface area contributed by atoms with Crippen LogP contribution in [0.1, 0.15) is 31.4 Å². The fraction of sp³-hybridized carbons (Fsp3) is 0.300. The van der Waals surface area contributed by atoms with E-state index in [1.165, 1.54) is 13.0 Å². The number of hydrogen-bond acceptors (Lipinski definition) is 2. The molecule has 0 saturated heterocycles. The molecular weight excluding hydrogens is 338 g/mol. The quantitative estimate of drug-likeness (QED) is 0.839. The van der Waals surface area contributed by atoms with Crippen molar-refractivity contribution in [3.63, 3.8) is 0 Å². The van der Waals surface area contributed by atoms with Gasteiger partial charge in [-0.25, -0.2) is 8.78 Å². The molecule has 0 atom stereocenters. The van der Waals surface area contributed by atoms with Crippen molar-refractivity contribution in [2.45, 2.75) is 33.6 Å². The topological polar surface area (TPSA) is 49.4 Å². The number of carbonyl (C=O) groups excluding carboxylic acids is 2. The largest absolute Gasteiger partial charge is 0.326 e. The Balaban J connectivity index is 2.10. The van der Waals surface area contributed by atoms with Crippen LogP contribution in [0, 0.1) is 18.6 Å². The molecule has 1 N–H and O–H groups in total. The van der Waals surface area contributed by atoms with Gasteiger partial charge in [0.15, 0.2) is 0 Å². The Morgan fingerprint density at radius 1 is 1.15 bits per heavy atom. The number of carbonyl (C=O) groups is 2. The summed E-state index contributed by atoms with van der Waals surface area (Å²) in [7, 11) is 0. The van der Waals surface area contributed by atoms with Gasteiger partial charge in [0.05, 0.1) is 5.69 Å². The molecule has 0 aliphatic heterocycles. The van der Waals surface area contributed by atoms with E-state index >= 15 is 0 Å². The zero-order valence-electron chi connectivity index (χ0n) is 15.1. The molecule has 0 heterocycles. The van der Waals surface area contributed by atoms with Crippen LogP contribution < -0.4 is 10.2 Å². The van der Waals surface area contributed by atoms with Gasteiger partial charge in [0.1, 0.15) is 11.6 Å². The first-order chi connectivity index (χ1) is 12.3. The first kappa shape index (κ1) is 19.6. The van der Waals surface area contributed by atoms with Gasteiger partial charge < -0.3 is 10.2 Å². The van der Waals surface area contributed by atoms with Gasteiger partial charge >= 0.3 is 0 Å². The Morgan fingerprint density at radius 3 is 2.50 bits per heavy atom. The van der Waals surface area contributed by atoms with Crippen molar-refractivity contribution in [2.75, 3.05) is 16.8 Å². The molecule has 2 amide bonds. The van der Waals surface area contributed by atoms with Gasteiger partial charge in [0, 0.05) is 31.6 Å². The first-order valence-corrected chi connectivity index (χ1v) is 8.45. The van der Waals surface area contributed by atoms with Crippen LogP contribution in [0.3, 0.4) is 0 Å². The van der Waals surface area contributed by atoms with Crippen LogP contribution in [0.15, 0.2) is 36.4 Å². The minimum absolute atomic E-state index is 0.00292. The van der Waals surface area contributed by atoms with Gasteiger partial charge in [-0.3, -0.25) is 9.59 Å². The third-order valence-corrected chi connectivity index (χ3v) is 4.15. The van der Waals surface area contributed by atoms with Crippen molar-refractivity contribution < 1.29 is 18.4 Å². The summed E-state index contributed by atoms with van der Waals surface area (Å²) in [4.78, 5) is 25.3. The van der Waals surface area contributed by atoms with Crippen LogP contribution in [0.4, 0.5) is 20.2 Å². The zero-order chi connectivity index (χ0) is 19.3. The summed E-state index contributed by atoms with van der Waals surface area (Å²) in [6.07, 6.45) is 0.769. The summed E-state index contributed by atoms with van der Waals surface area (Å²) >= 11 is 0. The molecule has 0 bridgehead atoms. The van der Waals surface area contributed by atoms with E-state index in [4.69, 9.17) is 0 Å². The third-order valence-electron chi connectivity index (χ3n) is 4.15. The van der Waals surface area contributed by atoms with E-state index in [-0.39, 0.29) is 24.6 Å². The van der Waals surface area contributed by atoms with Gasteiger partial charge in [0.2, 0.25) is 11.8 Å². The summed E-state index contributed by atoms with van der Waals surface area (Å²) in [5.41, 5.74) is 2.69. The number of halogens is 2. The summed E-state index contributed by atoms with van der Waals surface area (Å²) in [6, 6.07) is 8.77. The fourth-order valence-corrected chi connectivity index (χ4v) is 2.76. The highest BCUT2D eigenvalue weighted by atomic mass is 19.1. The second-order valence-corrected chi connectivity index (χ2v) is 6.03. The predicted octanol–water partition coefficient (Wildman–Crippen LogP) is 4.22. The maximum absolute atomic E-state index is 13.9. The van der Waals surface area contributed by atoms with Crippen LogP contribution in [0.25, 0.3) is 0 Å². The van der Waals surface area contributed by atoms with Crippen LogP contribution in [-0.2, 0) is 16.0 Å². The minimum Gasteiger partial charge on any atom is -0.326 e.